The van der Waals surface area contributed by atoms with Crippen molar-refractivity contribution < 1.29 is 19.3 Å². The number of nitrogens with one attached hydrogen (secondary N) is 2. The van der Waals surface area contributed by atoms with Crippen molar-refractivity contribution in [2.45, 2.75) is 45.7 Å². The summed E-state index contributed by atoms with van der Waals surface area (Å²) < 4.78 is 0. The van der Waals surface area contributed by atoms with Crippen molar-refractivity contribution in [3.8, 4) is 0 Å². The van der Waals surface area contributed by atoms with Crippen LogP contribution >= 0.6 is 11.6 Å². The molecule has 9 nitrogen and oxygen atoms in total. The first kappa shape index (κ1) is 22.6. The Labute approximate surface area is 173 Å². The predicted molar refractivity (Wildman–Crippen MR) is 108 cm³/mol. The Bertz CT molecular complexity index is 806. The summed E-state index contributed by atoms with van der Waals surface area (Å²) in [5.41, 5.74) is -0.160. The first-order valence-electron chi connectivity index (χ1n) is 9.40. The van der Waals surface area contributed by atoms with Gasteiger partial charge in [0, 0.05) is 38.2 Å². The van der Waals surface area contributed by atoms with Gasteiger partial charge in [0.1, 0.15) is 6.04 Å². The topological polar surface area (TPSA) is 122 Å². The van der Waals surface area contributed by atoms with Crippen LogP contribution in [0, 0.1) is 16.0 Å². The van der Waals surface area contributed by atoms with Crippen molar-refractivity contribution >= 4 is 35.0 Å². The number of non-ortho nitro benzene ring substituents is 1. The van der Waals surface area contributed by atoms with Gasteiger partial charge in [-0.1, -0.05) is 25.4 Å². The molecule has 1 aliphatic rings. The molecule has 3 amide bonds. The highest BCUT2D eigenvalue weighted by Gasteiger charge is 2.29. The molecule has 0 spiro atoms. The average molecular weight is 425 g/mol. The van der Waals surface area contributed by atoms with E-state index < -0.39 is 16.9 Å². The molecule has 29 heavy (non-hydrogen) atoms. The van der Waals surface area contributed by atoms with Gasteiger partial charge in [0.2, 0.25) is 11.8 Å². The largest absolute Gasteiger partial charge is 0.351 e. The minimum absolute atomic E-state index is 0.0158. The highest BCUT2D eigenvalue weighted by molar-refractivity contribution is 6.34. The lowest BCUT2D eigenvalue weighted by atomic mass is 10.00. The van der Waals surface area contributed by atoms with E-state index >= 15 is 0 Å². The van der Waals surface area contributed by atoms with E-state index in [4.69, 9.17) is 11.6 Å². The molecule has 158 valence electrons. The lowest BCUT2D eigenvalue weighted by Crippen LogP contribution is -2.54. The van der Waals surface area contributed by atoms with E-state index in [-0.39, 0.29) is 40.0 Å². The fourth-order valence-corrected chi connectivity index (χ4v) is 3.45. The van der Waals surface area contributed by atoms with Gasteiger partial charge in [-0.05, 0) is 24.8 Å². The van der Waals surface area contributed by atoms with Crippen molar-refractivity contribution in [1.82, 2.24) is 15.5 Å². The number of likely N-dealkylation sites (tertiary alicyclic amines) is 1. The Morgan fingerprint density at radius 3 is 2.34 bits per heavy atom. The summed E-state index contributed by atoms with van der Waals surface area (Å²) in [5.74, 6) is -1.06. The van der Waals surface area contributed by atoms with E-state index in [0.29, 0.717) is 25.9 Å². The number of halogens is 1. The van der Waals surface area contributed by atoms with Gasteiger partial charge < -0.3 is 15.5 Å². The molecule has 1 saturated heterocycles. The number of nitro groups is 1. The zero-order valence-corrected chi connectivity index (χ0v) is 17.4. The van der Waals surface area contributed by atoms with Gasteiger partial charge in [0.15, 0.2) is 0 Å². The predicted octanol–water partition coefficient (Wildman–Crippen LogP) is 2.13. The highest BCUT2D eigenvalue weighted by atomic mass is 35.5. The maximum Gasteiger partial charge on any atom is 0.270 e. The van der Waals surface area contributed by atoms with Crippen LogP contribution in [0.3, 0.4) is 0 Å². The first-order chi connectivity index (χ1) is 13.6. The van der Waals surface area contributed by atoms with Gasteiger partial charge in [0.25, 0.3) is 11.6 Å². The van der Waals surface area contributed by atoms with Crippen molar-refractivity contribution in [2.75, 3.05) is 13.1 Å². The Morgan fingerprint density at radius 1 is 1.24 bits per heavy atom. The molecule has 0 aromatic heterocycles. The zero-order chi connectivity index (χ0) is 21.7. The Balaban J connectivity index is 2.02. The Hall–Kier alpha value is -2.68. The molecule has 0 radical (unpaired) electrons. The summed E-state index contributed by atoms with van der Waals surface area (Å²) in [6.45, 7) is 6.29. The van der Waals surface area contributed by atoms with E-state index in [1.54, 1.807) is 18.7 Å². The number of benzene rings is 1. The van der Waals surface area contributed by atoms with Gasteiger partial charge >= 0.3 is 0 Å². The van der Waals surface area contributed by atoms with Gasteiger partial charge in [-0.15, -0.1) is 0 Å². The number of carbonyl (C=O) groups is 3. The van der Waals surface area contributed by atoms with Crippen LogP contribution in [0.1, 0.15) is 44.0 Å². The smallest absolute Gasteiger partial charge is 0.270 e. The van der Waals surface area contributed by atoms with Crippen LogP contribution in [0.4, 0.5) is 5.69 Å². The van der Waals surface area contributed by atoms with Crippen LogP contribution in [0.25, 0.3) is 0 Å². The van der Waals surface area contributed by atoms with Crippen LogP contribution < -0.4 is 10.6 Å². The van der Waals surface area contributed by atoms with Crippen molar-refractivity contribution in [3.63, 3.8) is 0 Å². The summed E-state index contributed by atoms with van der Waals surface area (Å²) in [6, 6.07) is 2.69. The fourth-order valence-electron chi connectivity index (χ4n) is 3.19. The van der Waals surface area contributed by atoms with Crippen molar-refractivity contribution in [1.29, 1.82) is 0 Å². The summed E-state index contributed by atoms with van der Waals surface area (Å²) >= 11 is 6.01. The summed E-state index contributed by atoms with van der Waals surface area (Å²) in [4.78, 5) is 48.7. The number of carbonyl (C=O) groups excluding carboxylic acids is 3. The number of hydrogen-bond acceptors (Lipinski definition) is 5. The summed E-state index contributed by atoms with van der Waals surface area (Å²) in [6.07, 6.45) is 1.30. The summed E-state index contributed by atoms with van der Waals surface area (Å²) in [5, 5.41) is 16.4. The lowest BCUT2D eigenvalue weighted by molar-refractivity contribution is -0.384. The normalized spacial score (nSPS) is 15.7. The molecular formula is C19H25ClN4O5. The van der Waals surface area contributed by atoms with Gasteiger partial charge in [-0.3, -0.25) is 24.5 Å². The molecule has 2 N–H and O–H groups in total. The summed E-state index contributed by atoms with van der Waals surface area (Å²) in [7, 11) is 0. The van der Waals surface area contributed by atoms with E-state index in [1.807, 2.05) is 0 Å². The molecule has 0 unspecified atom stereocenters. The first-order valence-corrected chi connectivity index (χ1v) is 9.78. The van der Waals surface area contributed by atoms with Crippen LogP contribution in [-0.4, -0.2) is 52.7 Å². The maximum absolute atomic E-state index is 12.7. The average Bonchev–Trinajstić information content (AvgIpc) is 2.65. The SMILES string of the molecule is CC(=O)N1CCC(NC(=O)[C@@H](NC(=O)c2ccc([N+](=O)[O-])cc2Cl)C(C)C)CC1. The second kappa shape index (κ2) is 9.69. The minimum atomic E-state index is -0.792. The highest BCUT2D eigenvalue weighted by Crippen LogP contribution is 2.23. The molecule has 1 heterocycles. The molecule has 10 heteroatoms. The van der Waals surface area contributed by atoms with Gasteiger partial charge in [-0.25, -0.2) is 0 Å². The van der Waals surface area contributed by atoms with E-state index in [1.165, 1.54) is 19.1 Å². The number of piperidine rings is 1. The number of rotatable bonds is 6. The van der Waals surface area contributed by atoms with Crippen LogP contribution in [0.5, 0.6) is 0 Å². The molecular weight excluding hydrogens is 400 g/mol. The molecule has 1 fully saturated rings. The third-order valence-electron chi connectivity index (χ3n) is 4.93. The van der Waals surface area contributed by atoms with E-state index in [0.717, 1.165) is 6.07 Å². The molecule has 1 aromatic rings. The molecule has 0 saturated carbocycles. The lowest BCUT2D eigenvalue weighted by Gasteiger charge is -2.33. The van der Waals surface area contributed by atoms with Gasteiger partial charge in [-0.2, -0.15) is 0 Å². The number of nitro benzene ring substituents is 1. The van der Waals surface area contributed by atoms with E-state index in [9.17, 15) is 24.5 Å². The molecule has 2 rings (SSSR count). The Kier molecular flexibility index (Phi) is 7.55. The van der Waals surface area contributed by atoms with E-state index in [2.05, 4.69) is 10.6 Å². The zero-order valence-electron chi connectivity index (χ0n) is 16.6. The monoisotopic (exact) mass is 424 g/mol. The number of hydrogen-bond donors (Lipinski definition) is 2. The molecule has 0 bridgehead atoms. The maximum atomic E-state index is 12.7. The second-order valence-corrected chi connectivity index (χ2v) is 7.81. The third kappa shape index (κ3) is 5.90. The second-order valence-electron chi connectivity index (χ2n) is 7.41. The van der Waals surface area contributed by atoms with Crippen LogP contribution in [0.2, 0.25) is 5.02 Å². The van der Waals surface area contributed by atoms with Gasteiger partial charge in [0.05, 0.1) is 15.5 Å². The third-order valence-corrected chi connectivity index (χ3v) is 5.24. The number of nitrogens with zero attached hydrogens (tertiary/aromatic N) is 2. The minimum Gasteiger partial charge on any atom is -0.351 e. The Morgan fingerprint density at radius 2 is 1.86 bits per heavy atom. The van der Waals surface area contributed by atoms with Crippen molar-refractivity contribution in [2.24, 2.45) is 5.92 Å². The quantitative estimate of drug-likeness (QED) is 0.535. The molecule has 1 aliphatic heterocycles. The molecule has 0 aliphatic carbocycles. The van der Waals surface area contributed by atoms with Crippen molar-refractivity contribution in [3.05, 3.63) is 38.9 Å². The fraction of sp³-hybridized carbons (Fsp3) is 0.526. The molecule has 1 atom stereocenters. The molecule has 1 aromatic carbocycles. The van der Waals surface area contributed by atoms with Crippen LogP contribution in [-0.2, 0) is 9.59 Å². The van der Waals surface area contributed by atoms with Crippen LogP contribution in [0.15, 0.2) is 18.2 Å². The standard InChI is InChI=1S/C19H25ClN4O5/c1-11(2)17(19(27)21-13-6-8-23(9-7-13)12(3)25)22-18(26)15-5-4-14(24(28)29)10-16(15)20/h4-5,10-11,13,17H,6-9H2,1-3H3,(H,21,27)(H,22,26)/t17-/m0/s1. The number of amides is 3.